The zero-order valence-electron chi connectivity index (χ0n) is 12.2. The van der Waals surface area contributed by atoms with Gasteiger partial charge in [-0.2, -0.15) is 5.10 Å². The van der Waals surface area contributed by atoms with E-state index < -0.39 is 5.60 Å². The van der Waals surface area contributed by atoms with Gasteiger partial charge in [-0.3, -0.25) is 4.68 Å². The highest BCUT2D eigenvalue weighted by Crippen LogP contribution is 2.41. The van der Waals surface area contributed by atoms with E-state index in [0.717, 1.165) is 6.54 Å². The minimum atomic E-state index is -1.02. The smallest absolute Gasteiger partial charge is 0.110 e. The molecular weight excluding hydrogens is 250 g/mol. The third kappa shape index (κ3) is 3.05. The first-order valence-electron chi connectivity index (χ1n) is 6.16. The summed E-state index contributed by atoms with van der Waals surface area (Å²) >= 11 is 6.19. The normalized spacial score (nSPS) is 16.1. The van der Waals surface area contributed by atoms with Crippen LogP contribution in [0.3, 0.4) is 0 Å². The Balaban J connectivity index is 3.12. The molecule has 1 rings (SSSR count). The van der Waals surface area contributed by atoms with Gasteiger partial charge < -0.3 is 10.0 Å². The predicted octanol–water partition coefficient (Wildman–Crippen LogP) is 2.35. The molecule has 104 valence electrons. The summed E-state index contributed by atoms with van der Waals surface area (Å²) in [5.74, 6) is 0. The first kappa shape index (κ1) is 15.5. The summed E-state index contributed by atoms with van der Waals surface area (Å²) in [4.78, 5) is 2.07. The maximum Gasteiger partial charge on any atom is 0.110 e. The molecule has 1 aromatic rings. The van der Waals surface area contributed by atoms with Crippen LogP contribution in [0.15, 0.2) is 6.20 Å². The van der Waals surface area contributed by atoms with Crippen LogP contribution in [0.5, 0.6) is 0 Å². The summed E-state index contributed by atoms with van der Waals surface area (Å²) in [6.45, 7) is 9.33. The molecule has 0 radical (unpaired) electrons. The van der Waals surface area contributed by atoms with Crippen LogP contribution in [0.25, 0.3) is 0 Å². The van der Waals surface area contributed by atoms with Crippen molar-refractivity contribution in [3.05, 3.63) is 16.9 Å². The third-order valence-corrected chi connectivity index (χ3v) is 3.75. The van der Waals surface area contributed by atoms with E-state index in [1.165, 1.54) is 0 Å². The van der Waals surface area contributed by atoms with Crippen LogP contribution in [0, 0.1) is 5.41 Å². The number of hydrogen-bond acceptors (Lipinski definition) is 3. The minimum Gasteiger partial charge on any atom is -0.383 e. The molecule has 1 aromatic heterocycles. The number of halogens is 1. The first-order valence-corrected chi connectivity index (χ1v) is 6.54. The maximum absolute atomic E-state index is 10.8. The van der Waals surface area contributed by atoms with Gasteiger partial charge in [-0.15, -0.1) is 0 Å². The van der Waals surface area contributed by atoms with E-state index in [4.69, 9.17) is 11.6 Å². The number of aromatic nitrogens is 2. The summed E-state index contributed by atoms with van der Waals surface area (Å²) in [6, 6.07) is 0. The van der Waals surface area contributed by atoms with E-state index in [9.17, 15) is 5.11 Å². The second-order valence-corrected chi connectivity index (χ2v) is 6.60. The zero-order valence-corrected chi connectivity index (χ0v) is 12.9. The van der Waals surface area contributed by atoms with Crippen LogP contribution in [0.2, 0.25) is 5.02 Å². The lowest BCUT2D eigenvalue weighted by Crippen LogP contribution is -2.39. The topological polar surface area (TPSA) is 41.3 Å². The lowest BCUT2D eigenvalue weighted by Gasteiger charge is -2.37. The van der Waals surface area contributed by atoms with Crippen molar-refractivity contribution >= 4 is 11.6 Å². The van der Waals surface area contributed by atoms with Gasteiger partial charge in [0, 0.05) is 6.54 Å². The fourth-order valence-corrected chi connectivity index (χ4v) is 1.99. The number of nitrogens with zero attached hydrogens (tertiary/aromatic N) is 3. The molecule has 0 saturated heterocycles. The second kappa shape index (κ2) is 5.19. The van der Waals surface area contributed by atoms with E-state index in [0.29, 0.717) is 17.3 Å². The molecular formula is C13H24ClN3O. The van der Waals surface area contributed by atoms with E-state index in [1.54, 1.807) is 17.8 Å². The zero-order chi connectivity index (χ0) is 14.1. The Kier molecular flexibility index (Phi) is 4.47. The molecule has 0 aliphatic rings. The number of rotatable bonds is 4. The monoisotopic (exact) mass is 273 g/mol. The van der Waals surface area contributed by atoms with Crippen LogP contribution in [-0.4, -0.2) is 40.4 Å². The minimum absolute atomic E-state index is 0.313. The van der Waals surface area contributed by atoms with Gasteiger partial charge in [-0.05, 0) is 26.4 Å². The predicted molar refractivity (Wildman–Crippen MR) is 74.8 cm³/mol. The average molecular weight is 274 g/mol. The van der Waals surface area contributed by atoms with Crippen molar-refractivity contribution in [1.82, 2.24) is 14.7 Å². The molecule has 0 bridgehead atoms. The highest BCUT2D eigenvalue weighted by Gasteiger charge is 2.41. The fourth-order valence-electron chi connectivity index (χ4n) is 1.67. The van der Waals surface area contributed by atoms with Crippen molar-refractivity contribution in [2.75, 3.05) is 20.6 Å². The van der Waals surface area contributed by atoms with Crippen LogP contribution in [0.1, 0.15) is 33.4 Å². The van der Waals surface area contributed by atoms with Crippen molar-refractivity contribution in [1.29, 1.82) is 0 Å². The van der Waals surface area contributed by atoms with Gasteiger partial charge >= 0.3 is 0 Å². The largest absolute Gasteiger partial charge is 0.383 e. The molecule has 1 heterocycles. The number of hydrogen-bond donors (Lipinski definition) is 1. The van der Waals surface area contributed by atoms with E-state index in [-0.39, 0.29) is 5.41 Å². The molecule has 18 heavy (non-hydrogen) atoms. The van der Waals surface area contributed by atoms with Crippen molar-refractivity contribution in [3.8, 4) is 0 Å². The van der Waals surface area contributed by atoms with Crippen molar-refractivity contribution in [2.24, 2.45) is 5.41 Å². The fraction of sp³-hybridized carbons (Fsp3) is 0.769. The van der Waals surface area contributed by atoms with E-state index >= 15 is 0 Å². The van der Waals surface area contributed by atoms with Gasteiger partial charge in [0.1, 0.15) is 5.60 Å². The Morgan fingerprint density at radius 3 is 2.33 bits per heavy atom. The molecule has 0 fully saturated rings. The Morgan fingerprint density at radius 1 is 1.33 bits per heavy atom. The molecule has 0 spiro atoms. The van der Waals surface area contributed by atoms with E-state index in [1.807, 2.05) is 34.9 Å². The summed E-state index contributed by atoms with van der Waals surface area (Å²) in [7, 11) is 4.01. The maximum atomic E-state index is 10.8. The Morgan fingerprint density at radius 2 is 1.89 bits per heavy atom. The number of likely N-dealkylation sites (N-methyl/N-ethyl adjacent to an activating group) is 1. The van der Waals surface area contributed by atoms with Gasteiger partial charge in [-0.25, -0.2) is 0 Å². The van der Waals surface area contributed by atoms with Crippen LogP contribution in [0.4, 0.5) is 0 Å². The van der Waals surface area contributed by atoms with Gasteiger partial charge in [0.2, 0.25) is 0 Å². The second-order valence-electron chi connectivity index (χ2n) is 6.19. The SMILES string of the molecule is CN(C)CCn1ncc(Cl)c1C(C)(O)C(C)(C)C. The quantitative estimate of drug-likeness (QED) is 0.916. The summed E-state index contributed by atoms with van der Waals surface area (Å²) < 4.78 is 1.80. The lowest BCUT2D eigenvalue weighted by molar-refractivity contribution is -0.0542. The summed E-state index contributed by atoms with van der Waals surface area (Å²) in [5.41, 5.74) is -0.641. The molecule has 5 heteroatoms. The Bertz CT molecular complexity index is 405. The van der Waals surface area contributed by atoms with Gasteiger partial charge in [0.05, 0.1) is 23.5 Å². The Labute approximate surface area is 115 Å². The highest BCUT2D eigenvalue weighted by atomic mass is 35.5. The van der Waals surface area contributed by atoms with Crippen molar-refractivity contribution in [2.45, 2.75) is 39.8 Å². The average Bonchev–Trinajstić information content (AvgIpc) is 2.55. The molecule has 0 aliphatic heterocycles. The van der Waals surface area contributed by atoms with Crippen LogP contribution in [-0.2, 0) is 12.1 Å². The van der Waals surface area contributed by atoms with Crippen molar-refractivity contribution < 1.29 is 5.11 Å². The molecule has 1 N–H and O–H groups in total. The van der Waals surface area contributed by atoms with E-state index in [2.05, 4.69) is 10.00 Å². The standard InChI is InChI=1S/C13H24ClN3O/c1-12(2,3)13(4,18)11-10(14)9-15-17(11)8-7-16(5)6/h9,18H,7-8H2,1-6H3. The van der Waals surface area contributed by atoms with Crippen LogP contribution >= 0.6 is 11.6 Å². The summed E-state index contributed by atoms with van der Waals surface area (Å²) in [6.07, 6.45) is 1.60. The molecule has 1 unspecified atom stereocenters. The highest BCUT2D eigenvalue weighted by molar-refractivity contribution is 6.31. The lowest BCUT2D eigenvalue weighted by atomic mass is 9.75. The van der Waals surface area contributed by atoms with Crippen LogP contribution < -0.4 is 0 Å². The molecule has 0 aromatic carbocycles. The van der Waals surface area contributed by atoms with Gasteiger partial charge in [0.15, 0.2) is 0 Å². The molecule has 0 saturated carbocycles. The third-order valence-electron chi connectivity index (χ3n) is 3.48. The summed E-state index contributed by atoms with van der Waals surface area (Å²) in [5, 5.41) is 15.6. The van der Waals surface area contributed by atoms with Crippen molar-refractivity contribution in [3.63, 3.8) is 0 Å². The van der Waals surface area contributed by atoms with Gasteiger partial charge in [-0.1, -0.05) is 32.4 Å². The molecule has 0 aliphatic carbocycles. The number of aliphatic hydroxyl groups is 1. The van der Waals surface area contributed by atoms with Gasteiger partial charge in [0.25, 0.3) is 0 Å². The molecule has 4 nitrogen and oxygen atoms in total. The first-order chi connectivity index (χ1) is 8.07. The molecule has 1 atom stereocenters. The molecule has 0 amide bonds. The Hall–Kier alpha value is -0.580.